The molecular formula is C51H101B2N7O11. The minimum absolute atomic E-state index is 0.0142. The maximum atomic E-state index is 12.5. The van der Waals surface area contributed by atoms with E-state index in [0.717, 1.165) is 38.5 Å². The number of hydrogen-bond donors (Lipinski definition) is 10. The average Bonchev–Trinajstić information content (AvgIpc) is 3.36. The minimum Gasteiger partial charge on any atom is -0.481 e. The van der Waals surface area contributed by atoms with E-state index in [0.29, 0.717) is 90.3 Å². The van der Waals surface area contributed by atoms with Crippen LogP contribution in [0.4, 0.5) is 0 Å². The van der Waals surface area contributed by atoms with Gasteiger partial charge in [0.15, 0.2) is 15.8 Å². The van der Waals surface area contributed by atoms with Crippen LogP contribution in [-0.4, -0.2) is 129 Å². The van der Waals surface area contributed by atoms with Crippen LogP contribution in [0.25, 0.3) is 0 Å². The van der Waals surface area contributed by atoms with Crippen molar-refractivity contribution in [1.29, 1.82) is 0 Å². The number of hydrogen-bond acceptors (Lipinski definition) is 11. The molecule has 71 heavy (non-hydrogen) atoms. The number of carbonyl (C=O) groups is 8. The number of nitrogens with two attached hydrogens (primary N) is 1. The molecule has 0 heterocycles. The number of carboxylic acid groups (broad SMARTS) is 3. The molecule has 412 valence electrons. The van der Waals surface area contributed by atoms with E-state index >= 15 is 0 Å². The van der Waals surface area contributed by atoms with Crippen molar-refractivity contribution in [2.45, 2.75) is 252 Å². The van der Waals surface area contributed by atoms with Crippen molar-refractivity contribution >= 4 is 63.0 Å². The zero-order valence-electron chi connectivity index (χ0n) is 45.6. The lowest BCUT2D eigenvalue weighted by molar-refractivity contribution is -0.142. The number of nitrogens with one attached hydrogen (secondary N) is 6. The van der Waals surface area contributed by atoms with Crippen LogP contribution in [0.1, 0.15) is 228 Å². The van der Waals surface area contributed by atoms with Gasteiger partial charge in [0, 0.05) is 38.9 Å². The summed E-state index contributed by atoms with van der Waals surface area (Å²) in [6, 6.07) is -3.04. The first-order chi connectivity index (χ1) is 34.1. The fourth-order valence-corrected chi connectivity index (χ4v) is 6.73. The fourth-order valence-electron chi connectivity index (χ4n) is 6.73. The zero-order chi connectivity index (χ0) is 55.1. The lowest BCUT2D eigenvalue weighted by atomic mass is 10.0. The highest BCUT2D eigenvalue weighted by Crippen LogP contribution is 2.14. The number of rotatable bonds is 43. The fraction of sp³-hybridized carbons (Fsp3) is 0.843. The molecule has 0 aliphatic rings. The van der Waals surface area contributed by atoms with Gasteiger partial charge in [-0.2, -0.15) is 0 Å². The van der Waals surface area contributed by atoms with E-state index in [1.54, 1.807) is 14.0 Å². The molecule has 0 aromatic carbocycles. The molecule has 0 aliphatic heterocycles. The van der Waals surface area contributed by atoms with Crippen LogP contribution in [-0.2, 0) is 38.4 Å². The van der Waals surface area contributed by atoms with E-state index in [9.17, 15) is 43.5 Å². The van der Waals surface area contributed by atoms with Crippen molar-refractivity contribution in [2.75, 3.05) is 26.7 Å². The largest absolute Gasteiger partial charge is 0.481 e. The normalized spacial score (nSPS) is 11.8. The van der Waals surface area contributed by atoms with Crippen molar-refractivity contribution in [3.05, 3.63) is 0 Å². The van der Waals surface area contributed by atoms with Gasteiger partial charge in [0.25, 0.3) is 0 Å². The average molecular weight is 1010 g/mol. The number of carbonyl (C=O) groups excluding carboxylic acids is 5. The van der Waals surface area contributed by atoms with Gasteiger partial charge in [-0.3, -0.25) is 28.8 Å². The molecule has 4 radical (unpaired) electrons. The molecule has 0 aromatic heterocycles. The van der Waals surface area contributed by atoms with E-state index in [-0.39, 0.29) is 61.0 Å². The van der Waals surface area contributed by atoms with Gasteiger partial charge in [0.1, 0.15) is 6.04 Å². The first kappa shape index (κ1) is 75.9. The Morgan fingerprint density at radius 2 is 0.845 bits per heavy atom. The standard InChI is InChI=1S/C42H78BN7O10.C3H5BO.3C2H6/c1-45-33(40(56)48-31-21-18-24-35(50-43)42(59)60)23-17-20-30-47-39(55)32(44)22-16-19-29-46-36(51)28-27-34(41(57)58)49-37(52)25-14-12-10-8-6-4-2-3-5-7-9-11-13-15-26-38(53)54;1-2-3(4)5;3*1-2/h32-35,45,50H,2-31,44H2,1H3,(H,46,51)(H,47,55)(H,48,56)(H,49,52)(H,53,54)(H,57,58)(H,59,60);2H2,1H3;3*1-2H3/t32-,33?,34?,35?;;;;/m0..../s1. The molecule has 20 heteroatoms. The third-order valence-corrected chi connectivity index (χ3v) is 10.9. The molecule has 0 aliphatic carbocycles. The van der Waals surface area contributed by atoms with E-state index in [1.807, 2.05) is 41.5 Å². The molecule has 0 rings (SSSR count). The second-order valence-electron chi connectivity index (χ2n) is 16.6. The maximum Gasteiger partial charge on any atom is 0.326 e. The van der Waals surface area contributed by atoms with Crippen LogP contribution >= 0.6 is 0 Å². The van der Waals surface area contributed by atoms with Gasteiger partial charge >= 0.3 is 17.9 Å². The Balaban J connectivity index is -0.00000120. The SMILES string of the molecule is CC.CC.CC.[B]C(=O)CC.[B]NC(CCCCNC(=O)C(CCCCNC(=O)[C@@H](N)CCCCNC(=O)CCC(NC(=O)CCCCCCCCCCCCCCCCC(=O)O)C(=O)O)NC)C(=O)O. The van der Waals surface area contributed by atoms with Crippen molar-refractivity contribution in [1.82, 2.24) is 31.8 Å². The summed E-state index contributed by atoms with van der Waals surface area (Å²) in [5, 5.41) is 43.4. The first-order valence-electron chi connectivity index (χ1n) is 27.1. The Bertz CT molecular complexity index is 1340. The Labute approximate surface area is 432 Å². The van der Waals surface area contributed by atoms with Crippen molar-refractivity contribution < 1.29 is 53.7 Å². The van der Waals surface area contributed by atoms with E-state index in [4.69, 9.17) is 23.9 Å². The van der Waals surface area contributed by atoms with Crippen LogP contribution in [0.3, 0.4) is 0 Å². The van der Waals surface area contributed by atoms with Gasteiger partial charge < -0.3 is 57.7 Å². The predicted octanol–water partition coefficient (Wildman–Crippen LogP) is 6.73. The molecule has 4 atom stereocenters. The summed E-state index contributed by atoms with van der Waals surface area (Å²) in [4.78, 5) is 92.4. The molecule has 0 spiro atoms. The Morgan fingerprint density at radius 3 is 1.24 bits per heavy atom. The van der Waals surface area contributed by atoms with Crippen LogP contribution in [0.15, 0.2) is 0 Å². The second kappa shape index (κ2) is 58.5. The number of unbranched alkanes of at least 4 members (excludes halogenated alkanes) is 16. The van der Waals surface area contributed by atoms with Crippen LogP contribution < -0.4 is 37.5 Å². The van der Waals surface area contributed by atoms with Crippen molar-refractivity contribution in [3.8, 4) is 0 Å². The van der Waals surface area contributed by atoms with Crippen LogP contribution in [0, 0.1) is 0 Å². The van der Waals surface area contributed by atoms with E-state index in [2.05, 4.69) is 39.7 Å². The molecule has 0 bridgehead atoms. The minimum atomic E-state index is -1.18. The Hall–Kier alpha value is -4.03. The topological polar surface area (TPSA) is 295 Å². The first-order valence-corrected chi connectivity index (χ1v) is 27.1. The second-order valence-corrected chi connectivity index (χ2v) is 16.6. The number of amides is 4. The molecule has 0 fully saturated rings. The number of aliphatic carboxylic acids is 3. The maximum absolute atomic E-state index is 12.5. The molecule has 18 nitrogen and oxygen atoms in total. The zero-order valence-corrected chi connectivity index (χ0v) is 45.6. The summed E-state index contributed by atoms with van der Waals surface area (Å²) in [6.45, 7) is 14.9. The smallest absolute Gasteiger partial charge is 0.326 e. The monoisotopic (exact) mass is 1010 g/mol. The van der Waals surface area contributed by atoms with Gasteiger partial charge in [-0.25, -0.2) is 4.79 Å². The van der Waals surface area contributed by atoms with Gasteiger partial charge in [-0.1, -0.05) is 126 Å². The third-order valence-electron chi connectivity index (χ3n) is 10.9. The number of likely N-dealkylation sites (N-methyl/N-ethyl adjacent to an activating group) is 1. The molecule has 11 N–H and O–H groups in total. The quantitative estimate of drug-likeness (QED) is 0.0224. The molecule has 0 saturated heterocycles. The van der Waals surface area contributed by atoms with Gasteiger partial charge in [-0.15, -0.1) is 0 Å². The molecule has 3 unspecified atom stereocenters. The summed E-state index contributed by atoms with van der Waals surface area (Å²) in [6.07, 6.45) is 21.1. The molecule has 0 saturated carbocycles. The van der Waals surface area contributed by atoms with E-state index in [1.165, 1.54) is 44.9 Å². The summed E-state index contributed by atoms with van der Waals surface area (Å²) < 4.78 is 0. The van der Waals surface area contributed by atoms with E-state index < -0.39 is 36.0 Å². The predicted molar refractivity (Wildman–Crippen MR) is 287 cm³/mol. The summed E-state index contributed by atoms with van der Waals surface area (Å²) >= 11 is 0. The molecular weight excluding hydrogens is 908 g/mol. The molecule has 0 aromatic rings. The third kappa shape index (κ3) is 55.1. The van der Waals surface area contributed by atoms with Crippen molar-refractivity contribution in [3.63, 3.8) is 0 Å². The van der Waals surface area contributed by atoms with Gasteiger partial charge in [0.2, 0.25) is 23.6 Å². The lowest BCUT2D eigenvalue weighted by Gasteiger charge is -2.17. The summed E-state index contributed by atoms with van der Waals surface area (Å²) in [5.41, 5.74) is 5.79. The highest BCUT2D eigenvalue weighted by molar-refractivity contribution is 6.57. The van der Waals surface area contributed by atoms with Crippen molar-refractivity contribution in [2.24, 2.45) is 5.73 Å². The van der Waals surface area contributed by atoms with Crippen LogP contribution in [0.5, 0.6) is 0 Å². The molecule has 4 amide bonds. The lowest BCUT2D eigenvalue weighted by Crippen LogP contribution is -2.43. The highest BCUT2D eigenvalue weighted by atomic mass is 16.4. The number of carboxylic acids is 3. The summed E-state index contributed by atoms with van der Waals surface area (Å²) in [7, 11) is 11.6. The van der Waals surface area contributed by atoms with Gasteiger partial charge in [0.05, 0.1) is 23.8 Å². The highest BCUT2D eigenvalue weighted by Gasteiger charge is 2.21. The Morgan fingerprint density at radius 1 is 0.465 bits per heavy atom. The summed E-state index contributed by atoms with van der Waals surface area (Å²) in [5.74, 6) is -3.96. The Kier molecular flexibility index (Phi) is 62.6. The van der Waals surface area contributed by atoms with Crippen LogP contribution in [0.2, 0.25) is 0 Å². The van der Waals surface area contributed by atoms with Gasteiger partial charge in [-0.05, 0) is 90.5 Å².